The van der Waals surface area contributed by atoms with Crippen molar-refractivity contribution in [1.29, 1.82) is 0 Å². The molecule has 0 radical (unpaired) electrons. The van der Waals surface area contributed by atoms with E-state index in [0.29, 0.717) is 35.5 Å². The molecule has 0 saturated carbocycles. The summed E-state index contributed by atoms with van der Waals surface area (Å²) in [4.78, 5) is 10.3. The summed E-state index contributed by atoms with van der Waals surface area (Å²) in [6.45, 7) is 1.35. The van der Waals surface area contributed by atoms with E-state index < -0.39 is 4.92 Å². The first-order valence-corrected chi connectivity index (χ1v) is 7.46. The first kappa shape index (κ1) is 15.4. The summed E-state index contributed by atoms with van der Waals surface area (Å²) in [6, 6.07) is 9.59. The largest absolute Gasteiger partial charge is 0.489 e. The lowest BCUT2D eigenvalue weighted by atomic mass is 10.2. The van der Waals surface area contributed by atoms with Crippen LogP contribution in [0.4, 0.5) is 5.69 Å². The van der Waals surface area contributed by atoms with Crippen molar-refractivity contribution in [2.45, 2.75) is 13.0 Å². The van der Waals surface area contributed by atoms with E-state index in [4.69, 9.17) is 25.8 Å². The van der Waals surface area contributed by atoms with Crippen LogP contribution in [0.25, 0.3) is 0 Å². The molecular weight excluding hydrogens is 322 g/mol. The number of halogens is 1. The van der Waals surface area contributed by atoms with Crippen LogP contribution in [0.5, 0.6) is 17.2 Å². The molecule has 7 heteroatoms. The first-order chi connectivity index (χ1) is 11.1. The lowest BCUT2D eigenvalue weighted by molar-refractivity contribution is -0.384. The molecule has 1 aliphatic heterocycles. The van der Waals surface area contributed by atoms with Gasteiger partial charge in [-0.3, -0.25) is 10.1 Å². The van der Waals surface area contributed by atoms with Gasteiger partial charge in [-0.25, -0.2) is 0 Å². The van der Waals surface area contributed by atoms with E-state index in [1.807, 2.05) is 6.07 Å². The van der Waals surface area contributed by atoms with E-state index in [0.717, 1.165) is 12.0 Å². The highest BCUT2D eigenvalue weighted by Gasteiger charge is 2.16. The maximum atomic E-state index is 10.8. The second-order valence-corrected chi connectivity index (χ2v) is 5.41. The van der Waals surface area contributed by atoms with E-state index in [9.17, 15) is 10.1 Å². The molecule has 6 nitrogen and oxygen atoms in total. The molecule has 1 heterocycles. The average Bonchev–Trinajstić information content (AvgIpc) is 2.79. The Morgan fingerprint density at radius 3 is 2.87 bits per heavy atom. The molecule has 0 atom stereocenters. The lowest BCUT2D eigenvalue weighted by Gasteiger charge is -2.12. The van der Waals surface area contributed by atoms with E-state index in [1.54, 1.807) is 18.2 Å². The SMILES string of the molecule is O=[N+]([O-])c1cccc(OCc2cc(Cl)c3c(c2)OCCCO3)c1. The third kappa shape index (κ3) is 3.65. The van der Waals surface area contributed by atoms with Crippen LogP contribution in [0.1, 0.15) is 12.0 Å². The van der Waals surface area contributed by atoms with Gasteiger partial charge in [0.15, 0.2) is 11.5 Å². The Balaban J connectivity index is 1.76. The minimum absolute atomic E-state index is 0.0146. The number of nitrogens with zero attached hydrogens (tertiary/aromatic N) is 1. The summed E-state index contributed by atoms with van der Waals surface area (Å²) >= 11 is 6.22. The Bertz CT molecular complexity index is 734. The predicted molar refractivity (Wildman–Crippen MR) is 84.5 cm³/mol. The second kappa shape index (κ2) is 6.75. The molecular formula is C16H14ClNO5. The number of nitro groups is 1. The van der Waals surface area contributed by atoms with Gasteiger partial charge in [0, 0.05) is 12.5 Å². The molecule has 2 aromatic rings. The van der Waals surface area contributed by atoms with E-state index in [-0.39, 0.29) is 12.3 Å². The fourth-order valence-electron chi connectivity index (χ4n) is 2.22. The Morgan fingerprint density at radius 1 is 1.22 bits per heavy atom. The zero-order valence-electron chi connectivity index (χ0n) is 12.2. The van der Waals surface area contributed by atoms with Gasteiger partial charge in [0.2, 0.25) is 0 Å². The van der Waals surface area contributed by atoms with Gasteiger partial charge >= 0.3 is 0 Å². The molecule has 1 aliphatic rings. The third-order valence-electron chi connectivity index (χ3n) is 3.30. The standard InChI is InChI=1S/C16H14ClNO5/c17-14-7-11(8-15-16(14)22-6-2-5-21-15)10-23-13-4-1-3-12(9-13)18(19)20/h1,3-4,7-9H,2,5-6,10H2. The summed E-state index contributed by atoms with van der Waals surface area (Å²) in [7, 11) is 0. The van der Waals surface area contributed by atoms with Crippen LogP contribution >= 0.6 is 11.6 Å². The molecule has 120 valence electrons. The molecule has 0 spiro atoms. The van der Waals surface area contributed by atoms with Gasteiger partial charge in [0.05, 0.1) is 29.2 Å². The van der Waals surface area contributed by atoms with Crippen LogP contribution in [0.3, 0.4) is 0 Å². The summed E-state index contributed by atoms with van der Waals surface area (Å²) < 4.78 is 16.8. The van der Waals surface area contributed by atoms with Crippen molar-refractivity contribution in [3.8, 4) is 17.2 Å². The minimum atomic E-state index is -0.461. The molecule has 2 aromatic carbocycles. The lowest BCUT2D eigenvalue weighted by Crippen LogP contribution is -1.99. The molecule has 0 amide bonds. The fraction of sp³-hybridized carbons (Fsp3) is 0.250. The van der Waals surface area contributed by atoms with Crippen LogP contribution in [-0.2, 0) is 6.61 Å². The van der Waals surface area contributed by atoms with Crippen molar-refractivity contribution in [3.05, 3.63) is 57.1 Å². The van der Waals surface area contributed by atoms with Crippen molar-refractivity contribution >= 4 is 17.3 Å². The third-order valence-corrected chi connectivity index (χ3v) is 3.58. The van der Waals surface area contributed by atoms with E-state index in [2.05, 4.69) is 0 Å². The Labute approximate surface area is 137 Å². The predicted octanol–water partition coefficient (Wildman–Crippen LogP) is 3.99. The van der Waals surface area contributed by atoms with Crippen molar-refractivity contribution < 1.29 is 19.1 Å². The number of hydrogen-bond donors (Lipinski definition) is 0. The molecule has 0 bridgehead atoms. The highest BCUT2D eigenvalue weighted by Crippen LogP contribution is 2.38. The summed E-state index contributed by atoms with van der Waals surface area (Å²) in [5, 5.41) is 11.2. The maximum absolute atomic E-state index is 10.8. The zero-order chi connectivity index (χ0) is 16.2. The number of nitro benzene ring substituents is 1. The van der Waals surface area contributed by atoms with Crippen LogP contribution in [-0.4, -0.2) is 18.1 Å². The quantitative estimate of drug-likeness (QED) is 0.624. The number of ether oxygens (including phenoxy) is 3. The molecule has 0 aromatic heterocycles. The fourth-order valence-corrected chi connectivity index (χ4v) is 2.51. The van der Waals surface area contributed by atoms with Gasteiger partial charge < -0.3 is 14.2 Å². The molecule has 23 heavy (non-hydrogen) atoms. The van der Waals surface area contributed by atoms with Crippen molar-refractivity contribution in [2.75, 3.05) is 13.2 Å². The Morgan fingerprint density at radius 2 is 2.04 bits per heavy atom. The molecule has 0 fully saturated rings. The smallest absolute Gasteiger partial charge is 0.273 e. The van der Waals surface area contributed by atoms with Crippen LogP contribution < -0.4 is 14.2 Å². The van der Waals surface area contributed by atoms with Gasteiger partial charge in [0.25, 0.3) is 5.69 Å². The molecule has 3 rings (SSSR count). The monoisotopic (exact) mass is 335 g/mol. The number of rotatable bonds is 4. The highest BCUT2D eigenvalue weighted by atomic mass is 35.5. The number of non-ortho nitro benzene ring substituents is 1. The molecule has 0 saturated heterocycles. The first-order valence-electron chi connectivity index (χ1n) is 7.09. The maximum Gasteiger partial charge on any atom is 0.273 e. The molecule has 0 N–H and O–H groups in total. The van der Waals surface area contributed by atoms with Crippen LogP contribution in [0, 0.1) is 10.1 Å². The number of benzene rings is 2. The van der Waals surface area contributed by atoms with Crippen molar-refractivity contribution in [1.82, 2.24) is 0 Å². The summed E-state index contributed by atoms with van der Waals surface area (Å²) in [5.74, 6) is 1.55. The highest BCUT2D eigenvalue weighted by molar-refractivity contribution is 6.32. The van der Waals surface area contributed by atoms with Crippen LogP contribution in [0.2, 0.25) is 5.02 Å². The summed E-state index contributed by atoms with van der Waals surface area (Å²) in [5.41, 5.74) is 0.782. The number of fused-ring (bicyclic) bond motifs is 1. The second-order valence-electron chi connectivity index (χ2n) is 5.00. The molecule has 0 unspecified atom stereocenters. The zero-order valence-corrected chi connectivity index (χ0v) is 12.9. The Kier molecular flexibility index (Phi) is 4.52. The van der Waals surface area contributed by atoms with E-state index in [1.165, 1.54) is 12.1 Å². The summed E-state index contributed by atoms with van der Waals surface area (Å²) in [6.07, 6.45) is 0.796. The van der Waals surface area contributed by atoms with E-state index >= 15 is 0 Å². The van der Waals surface area contributed by atoms with Gasteiger partial charge in [0.1, 0.15) is 12.4 Å². The van der Waals surface area contributed by atoms with Crippen LogP contribution in [0.15, 0.2) is 36.4 Å². The van der Waals surface area contributed by atoms with Crippen molar-refractivity contribution in [2.24, 2.45) is 0 Å². The normalized spacial score (nSPS) is 13.3. The van der Waals surface area contributed by atoms with Gasteiger partial charge in [-0.2, -0.15) is 0 Å². The van der Waals surface area contributed by atoms with Gasteiger partial charge in [-0.1, -0.05) is 17.7 Å². The minimum Gasteiger partial charge on any atom is -0.489 e. The number of hydrogen-bond acceptors (Lipinski definition) is 5. The van der Waals surface area contributed by atoms with Crippen molar-refractivity contribution in [3.63, 3.8) is 0 Å². The Hall–Kier alpha value is -2.47. The van der Waals surface area contributed by atoms with Gasteiger partial charge in [-0.15, -0.1) is 0 Å². The molecule has 0 aliphatic carbocycles. The average molecular weight is 336 g/mol. The topological polar surface area (TPSA) is 70.8 Å². The van der Waals surface area contributed by atoms with Gasteiger partial charge in [-0.05, 0) is 23.8 Å².